The van der Waals surface area contributed by atoms with E-state index in [0.717, 1.165) is 31.9 Å². The molecule has 0 aromatic rings. The topological polar surface area (TPSA) is 36.4 Å². The first kappa shape index (κ1) is 8.27. The lowest BCUT2D eigenvalue weighted by Gasteiger charge is -2.09. The highest BCUT2D eigenvalue weighted by molar-refractivity contribution is 5.83. The van der Waals surface area contributed by atoms with E-state index in [9.17, 15) is 0 Å². The van der Waals surface area contributed by atoms with Crippen molar-refractivity contribution in [1.29, 1.82) is 0 Å². The van der Waals surface area contributed by atoms with Gasteiger partial charge < -0.3 is 10.6 Å². The zero-order chi connectivity index (χ0) is 7.94. The van der Waals surface area contributed by atoms with Crippen LogP contribution in [0.25, 0.3) is 0 Å². The maximum Gasteiger partial charge on any atom is 0.102 e. The van der Waals surface area contributed by atoms with Gasteiger partial charge in [-0.3, -0.25) is 4.99 Å². The number of aliphatic imine (C=N–C) groups is 1. The Morgan fingerprint density at radius 2 is 2.64 bits per heavy atom. The molecule has 0 radical (unpaired) electrons. The Hall–Kier alpha value is -0.830. The second-order valence-electron chi connectivity index (χ2n) is 2.44. The van der Waals surface area contributed by atoms with Crippen molar-refractivity contribution in [1.82, 2.24) is 10.6 Å². The molecule has 2 N–H and O–H groups in total. The second kappa shape index (κ2) is 4.91. The van der Waals surface area contributed by atoms with Crippen molar-refractivity contribution in [2.75, 3.05) is 19.6 Å². The molecule has 1 aliphatic heterocycles. The van der Waals surface area contributed by atoms with Gasteiger partial charge in [0.1, 0.15) is 5.84 Å². The van der Waals surface area contributed by atoms with E-state index in [1.54, 1.807) is 0 Å². The first-order valence-electron chi connectivity index (χ1n) is 4.09. The Morgan fingerprint density at radius 1 is 1.73 bits per heavy atom. The minimum absolute atomic E-state index is 0.828. The van der Waals surface area contributed by atoms with Gasteiger partial charge in [-0.25, -0.2) is 0 Å². The molecular formula is C8H15N3. The maximum atomic E-state index is 4.28. The Labute approximate surface area is 67.6 Å². The van der Waals surface area contributed by atoms with Gasteiger partial charge in [-0.05, 0) is 18.8 Å². The van der Waals surface area contributed by atoms with Gasteiger partial charge in [0.05, 0.1) is 6.54 Å². The van der Waals surface area contributed by atoms with Crippen LogP contribution in [-0.2, 0) is 0 Å². The quantitative estimate of drug-likeness (QED) is 0.577. The lowest BCUT2D eigenvalue weighted by molar-refractivity contribution is 0.730. The predicted molar refractivity (Wildman–Crippen MR) is 47.7 cm³/mol. The van der Waals surface area contributed by atoms with Crippen LogP contribution in [0.2, 0.25) is 0 Å². The summed E-state index contributed by atoms with van der Waals surface area (Å²) >= 11 is 0. The van der Waals surface area contributed by atoms with Crippen LogP contribution in [0, 0.1) is 0 Å². The highest BCUT2D eigenvalue weighted by Gasteiger charge is 1.97. The monoisotopic (exact) mass is 153 g/mol. The SMILES string of the molecule is CCNCCC1=NCC=CN1. The molecule has 1 rings (SSSR count). The van der Waals surface area contributed by atoms with Crippen molar-refractivity contribution in [2.45, 2.75) is 13.3 Å². The number of nitrogens with zero attached hydrogens (tertiary/aromatic N) is 1. The molecule has 0 unspecified atom stereocenters. The smallest absolute Gasteiger partial charge is 0.102 e. The van der Waals surface area contributed by atoms with Crippen LogP contribution in [0.4, 0.5) is 0 Å². The second-order valence-corrected chi connectivity index (χ2v) is 2.44. The van der Waals surface area contributed by atoms with Gasteiger partial charge in [0, 0.05) is 13.0 Å². The highest BCUT2D eigenvalue weighted by atomic mass is 15.0. The third kappa shape index (κ3) is 3.18. The Morgan fingerprint density at radius 3 is 3.27 bits per heavy atom. The summed E-state index contributed by atoms with van der Waals surface area (Å²) in [5.41, 5.74) is 0. The van der Waals surface area contributed by atoms with Gasteiger partial charge >= 0.3 is 0 Å². The molecule has 62 valence electrons. The van der Waals surface area contributed by atoms with E-state index < -0.39 is 0 Å². The summed E-state index contributed by atoms with van der Waals surface area (Å²) in [6, 6.07) is 0. The average Bonchev–Trinajstić information content (AvgIpc) is 2.07. The van der Waals surface area contributed by atoms with Crippen molar-refractivity contribution in [2.24, 2.45) is 4.99 Å². The summed E-state index contributed by atoms with van der Waals surface area (Å²) < 4.78 is 0. The van der Waals surface area contributed by atoms with Crippen LogP contribution < -0.4 is 10.6 Å². The van der Waals surface area contributed by atoms with Gasteiger partial charge in [0.15, 0.2) is 0 Å². The van der Waals surface area contributed by atoms with Crippen molar-refractivity contribution in [3.63, 3.8) is 0 Å². The fraction of sp³-hybridized carbons (Fsp3) is 0.625. The molecule has 11 heavy (non-hydrogen) atoms. The van der Waals surface area contributed by atoms with Gasteiger partial charge in [-0.2, -0.15) is 0 Å². The fourth-order valence-corrected chi connectivity index (χ4v) is 0.951. The van der Waals surface area contributed by atoms with Gasteiger partial charge in [-0.15, -0.1) is 0 Å². The molecule has 0 aliphatic carbocycles. The minimum atomic E-state index is 0.828. The molecule has 0 saturated heterocycles. The molecule has 0 atom stereocenters. The molecule has 0 fully saturated rings. The zero-order valence-electron chi connectivity index (χ0n) is 6.93. The molecule has 3 nitrogen and oxygen atoms in total. The summed E-state index contributed by atoms with van der Waals surface area (Å²) in [4.78, 5) is 4.28. The van der Waals surface area contributed by atoms with Crippen LogP contribution in [0.1, 0.15) is 13.3 Å². The molecule has 0 amide bonds. The number of amidine groups is 1. The van der Waals surface area contributed by atoms with E-state index in [0.29, 0.717) is 0 Å². The number of hydrogen-bond donors (Lipinski definition) is 2. The minimum Gasteiger partial charge on any atom is -0.351 e. The Bertz CT molecular complexity index is 161. The lowest BCUT2D eigenvalue weighted by Crippen LogP contribution is -2.26. The van der Waals surface area contributed by atoms with Crippen LogP contribution in [0.3, 0.4) is 0 Å². The van der Waals surface area contributed by atoms with E-state index in [2.05, 4.69) is 22.5 Å². The largest absolute Gasteiger partial charge is 0.351 e. The standard InChI is InChI=1S/C8H15N3/c1-2-9-7-4-8-10-5-3-6-11-8/h3,5,9H,2,4,6-7H2,1H3,(H,10,11). The van der Waals surface area contributed by atoms with E-state index in [1.807, 2.05) is 12.3 Å². The van der Waals surface area contributed by atoms with Crippen molar-refractivity contribution >= 4 is 5.84 Å². The normalized spacial score (nSPS) is 15.9. The summed E-state index contributed by atoms with van der Waals surface area (Å²) in [6.07, 6.45) is 4.96. The molecule has 3 heteroatoms. The van der Waals surface area contributed by atoms with Crippen LogP contribution in [-0.4, -0.2) is 25.5 Å². The summed E-state index contributed by atoms with van der Waals surface area (Å²) in [6.45, 7) is 4.98. The highest BCUT2D eigenvalue weighted by Crippen LogP contribution is 1.89. The maximum absolute atomic E-state index is 4.28. The molecule has 0 aromatic heterocycles. The number of rotatable bonds is 4. The summed E-state index contributed by atoms with van der Waals surface area (Å²) in [7, 11) is 0. The molecule has 1 heterocycles. The van der Waals surface area contributed by atoms with Crippen LogP contribution in [0.5, 0.6) is 0 Å². The predicted octanol–water partition coefficient (Wildman–Crippen LogP) is 0.501. The molecular weight excluding hydrogens is 138 g/mol. The zero-order valence-corrected chi connectivity index (χ0v) is 6.93. The lowest BCUT2D eigenvalue weighted by atomic mass is 10.3. The molecule has 1 aliphatic rings. The third-order valence-electron chi connectivity index (χ3n) is 1.54. The Balaban J connectivity index is 2.11. The molecule has 0 spiro atoms. The fourth-order valence-electron chi connectivity index (χ4n) is 0.951. The summed E-state index contributed by atoms with van der Waals surface area (Å²) in [5.74, 6) is 1.09. The molecule has 0 aromatic carbocycles. The summed E-state index contributed by atoms with van der Waals surface area (Å²) in [5, 5.41) is 6.36. The Kier molecular flexibility index (Phi) is 3.69. The van der Waals surface area contributed by atoms with Crippen molar-refractivity contribution in [3.05, 3.63) is 12.3 Å². The van der Waals surface area contributed by atoms with E-state index >= 15 is 0 Å². The van der Waals surface area contributed by atoms with Crippen LogP contribution >= 0.6 is 0 Å². The van der Waals surface area contributed by atoms with E-state index in [1.165, 1.54) is 0 Å². The van der Waals surface area contributed by atoms with E-state index in [4.69, 9.17) is 0 Å². The van der Waals surface area contributed by atoms with Crippen molar-refractivity contribution < 1.29 is 0 Å². The van der Waals surface area contributed by atoms with Gasteiger partial charge in [0.2, 0.25) is 0 Å². The van der Waals surface area contributed by atoms with Crippen LogP contribution in [0.15, 0.2) is 17.3 Å². The first-order chi connectivity index (χ1) is 5.43. The number of hydrogen-bond acceptors (Lipinski definition) is 3. The molecule has 0 saturated carbocycles. The van der Waals surface area contributed by atoms with Crippen molar-refractivity contribution in [3.8, 4) is 0 Å². The first-order valence-corrected chi connectivity index (χ1v) is 4.09. The third-order valence-corrected chi connectivity index (χ3v) is 1.54. The molecule has 0 bridgehead atoms. The van der Waals surface area contributed by atoms with Gasteiger partial charge in [-0.1, -0.05) is 6.92 Å². The average molecular weight is 153 g/mol. The van der Waals surface area contributed by atoms with E-state index in [-0.39, 0.29) is 0 Å². The number of nitrogens with one attached hydrogen (secondary N) is 2. The van der Waals surface area contributed by atoms with Gasteiger partial charge in [0.25, 0.3) is 0 Å².